The lowest BCUT2D eigenvalue weighted by Crippen LogP contribution is -2.14. The normalized spacial score (nSPS) is 10.6. The average Bonchev–Trinajstić information content (AvgIpc) is 2.48. The predicted octanol–water partition coefficient (Wildman–Crippen LogP) is 1.41. The molecule has 2 N–H and O–H groups in total. The third-order valence-corrected chi connectivity index (χ3v) is 2.78. The molecule has 0 atom stereocenters. The zero-order valence-electron chi connectivity index (χ0n) is 12.6. The van der Waals surface area contributed by atoms with Gasteiger partial charge in [0.25, 0.3) is 0 Å². The smallest absolute Gasteiger partial charge is 0.338 e. The van der Waals surface area contributed by atoms with Crippen LogP contribution in [0.25, 0.3) is 0 Å². The molecule has 0 aromatic heterocycles. The summed E-state index contributed by atoms with van der Waals surface area (Å²) in [6, 6.07) is 5.10. The van der Waals surface area contributed by atoms with E-state index in [4.69, 9.17) is 24.7 Å². The molecule has 0 aliphatic carbocycles. The van der Waals surface area contributed by atoms with Crippen molar-refractivity contribution >= 4 is 11.7 Å². The van der Waals surface area contributed by atoms with Crippen LogP contribution in [0.1, 0.15) is 15.9 Å². The molecule has 6 heteroatoms. The lowest BCUT2D eigenvalue weighted by Gasteiger charge is -2.08. The predicted molar refractivity (Wildman–Crippen MR) is 79.4 cm³/mol. The lowest BCUT2D eigenvalue weighted by molar-refractivity contribution is 0.00570. The van der Waals surface area contributed by atoms with E-state index >= 15 is 0 Å². The Morgan fingerprint density at radius 1 is 1.05 bits per heavy atom. The summed E-state index contributed by atoms with van der Waals surface area (Å²) in [6.45, 7) is 4.48. The van der Waals surface area contributed by atoms with Gasteiger partial charge in [0.1, 0.15) is 6.61 Å². The van der Waals surface area contributed by atoms with Crippen molar-refractivity contribution in [1.82, 2.24) is 0 Å². The highest BCUT2D eigenvalue weighted by Gasteiger charge is 2.08. The molecule has 0 spiro atoms. The second-order valence-corrected chi connectivity index (χ2v) is 4.42. The number of hydrogen-bond acceptors (Lipinski definition) is 6. The summed E-state index contributed by atoms with van der Waals surface area (Å²) >= 11 is 0. The Morgan fingerprint density at radius 2 is 1.67 bits per heavy atom. The monoisotopic (exact) mass is 297 g/mol. The molecule has 0 radical (unpaired) electrons. The molecular formula is C15H23NO5. The lowest BCUT2D eigenvalue weighted by atomic mass is 10.1. The molecule has 0 heterocycles. The summed E-state index contributed by atoms with van der Waals surface area (Å²) in [6.07, 6.45) is 0. The minimum Gasteiger partial charge on any atom is -0.460 e. The Hall–Kier alpha value is -1.63. The first kappa shape index (κ1) is 17.4. The largest absolute Gasteiger partial charge is 0.460 e. The molecule has 1 aromatic rings. The summed E-state index contributed by atoms with van der Waals surface area (Å²) < 4.78 is 20.4. The number of benzene rings is 1. The molecule has 0 aliphatic rings. The highest BCUT2D eigenvalue weighted by molar-refractivity contribution is 5.90. The van der Waals surface area contributed by atoms with E-state index in [1.807, 2.05) is 6.92 Å². The fourth-order valence-electron chi connectivity index (χ4n) is 1.51. The van der Waals surface area contributed by atoms with Gasteiger partial charge in [-0.15, -0.1) is 0 Å². The first-order chi connectivity index (χ1) is 10.1. The van der Waals surface area contributed by atoms with Crippen molar-refractivity contribution in [2.45, 2.75) is 6.92 Å². The van der Waals surface area contributed by atoms with Gasteiger partial charge in [0, 0.05) is 12.8 Å². The van der Waals surface area contributed by atoms with Crippen molar-refractivity contribution in [3.8, 4) is 0 Å². The Kier molecular flexibility index (Phi) is 8.42. The van der Waals surface area contributed by atoms with Crippen molar-refractivity contribution in [2.75, 3.05) is 52.5 Å². The molecule has 0 saturated carbocycles. The number of rotatable bonds is 10. The highest BCUT2D eigenvalue weighted by atomic mass is 16.6. The molecule has 0 bridgehead atoms. The Morgan fingerprint density at radius 3 is 2.29 bits per heavy atom. The van der Waals surface area contributed by atoms with Crippen LogP contribution in [0.3, 0.4) is 0 Å². The van der Waals surface area contributed by atoms with E-state index in [-0.39, 0.29) is 6.61 Å². The third-order valence-electron chi connectivity index (χ3n) is 2.78. The number of nitrogen functional groups attached to an aromatic ring is 1. The quantitative estimate of drug-likeness (QED) is 0.399. The maximum absolute atomic E-state index is 11.7. The zero-order chi connectivity index (χ0) is 15.5. The van der Waals surface area contributed by atoms with Crippen LogP contribution < -0.4 is 5.73 Å². The van der Waals surface area contributed by atoms with E-state index in [0.29, 0.717) is 44.3 Å². The van der Waals surface area contributed by atoms with Gasteiger partial charge < -0.3 is 24.7 Å². The van der Waals surface area contributed by atoms with Gasteiger partial charge in [0.2, 0.25) is 0 Å². The molecular weight excluding hydrogens is 274 g/mol. The summed E-state index contributed by atoms with van der Waals surface area (Å²) in [4.78, 5) is 11.7. The zero-order valence-corrected chi connectivity index (χ0v) is 12.6. The third kappa shape index (κ3) is 7.08. The first-order valence-electron chi connectivity index (χ1n) is 6.83. The fraction of sp³-hybridized carbons (Fsp3) is 0.533. The molecule has 1 aromatic carbocycles. The van der Waals surface area contributed by atoms with Gasteiger partial charge in [-0.05, 0) is 24.6 Å². The maximum atomic E-state index is 11.7. The van der Waals surface area contributed by atoms with E-state index in [9.17, 15) is 4.79 Å². The van der Waals surface area contributed by atoms with Crippen LogP contribution >= 0.6 is 0 Å². The highest BCUT2D eigenvalue weighted by Crippen LogP contribution is 2.13. The minimum atomic E-state index is -0.401. The molecule has 21 heavy (non-hydrogen) atoms. The summed E-state index contributed by atoms with van der Waals surface area (Å²) in [5, 5.41) is 0. The molecule has 1 rings (SSSR count). The Bertz CT molecular complexity index is 436. The fourth-order valence-corrected chi connectivity index (χ4v) is 1.51. The molecule has 0 unspecified atom stereocenters. The summed E-state index contributed by atoms with van der Waals surface area (Å²) in [5.74, 6) is -0.401. The van der Waals surface area contributed by atoms with E-state index in [2.05, 4.69) is 0 Å². The minimum absolute atomic E-state index is 0.199. The van der Waals surface area contributed by atoms with Crippen molar-refractivity contribution < 1.29 is 23.7 Å². The topological polar surface area (TPSA) is 80.0 Å². The van der Waals surface area contributed by atoms with E-state index in [1.54, 1.807) is 25.3 Å². The van der Waals surface area contributed by atoms with Gasteiger partial charge in [-0.1, -0.05) is 6.07 Å². The molecule has 0 saturated heterocycles. The Balaban J connectivity index is 2.09. The van der Waals surface area contributed by atoms with Crippen LogP contribution in [0.2, 0.25) is 0 Å². The average molecular weight is 297 g/mol. The van der Waals surface area contributed by atoms with Gasteiger partial charge in [0.05, 0.1) is 38.6 Å². The van der Waals surface area contributed by atoms with Crippen LogP contribution in [-0.4, -0.2) is 52.7 Å². The number of hydrogen-bond donors (Lipinski definition) is 1. The van der Waals surface area contributed by atoms with Crippen molar-refractivity contribution in [3.63, 3.8) is 0 Å². The van der Waals surface area contributed by atoms with Crippen LogP contribution in [0.5, 0.6) is 0 Å². The van der Waals surface area contributed by atoms with E-state index in [0.717, 1.165) is 5.56 Å². The van der Waals surface area contributed by atoms with Crippen molar-refractivity contribution in [1.29, 1.82) is 0 Å². The van der Waals surface area contributed by atoms with Gasteiger partial charge in [-0.2, -0.15) is 0 Å². The van der Waals surface area contributed by atoms with Crippen LogP contribution in [-0.2, 0) is 18.9 Å². The molecule has 118 valence electrons. The summed E-state index contributed by atoms with van der Waals surface area (Å²) in [7, 11) is 1.62. The number of methoxy groups -OCH3 is 1. The van der Waals surface area contributed by atoms with Gasteiger partial charge >= 0.3 is 5.97 Å². The van der Waals surface area contributed by atoms with Gasteiger partial charge in [-0.3, -0.25) is 0 Å². The van der Waals surface area contributed by atoms with Crippen LogP contribution in [0, 0.1) is 6.92 Å². The Labute approximate surface area is 125 Å². The van der Waals surface area contributed by atoms with Crippen LogP contribution in [0.4, 0.5) is 5.69 Å². The van der Waals surface area contributed by atoms with Crippen molar-refractivity contribution in [3.05, 3.63) is 29.3 Å². The van der Waals surface area contributed by atoms with Gasteiger partial charge in [0.15, 0.2) is 0 Å². The first-order valence-corrected chi connectivity index (χ1v) is 6.83. The second kappa shape index (κ2) is 10.1. The van der Waals surface area contributed by atoms with E-state index < -0.39 is 5.97 Å². The number of ether oxygens (including phenoxy) is 4. The number of carbonyl (C=O) groups excluding carboxylic acids is 1. The number of nitrogens with two attached hydrogens (primary N) is 1. The standard InChI is InChI=1S/C15H23NO5/c1-12-3-4-13(11-14(12)16)15(17)21-10-9-20-8-7-19-6-5-18-2/h3-4,11H,5-10,16H2,1-2H3. The van der Waals surface area contributed by atoms with E-state index in [1.165, 1.54) is 0 Å². The maximum Gasteiger partial charge on any atom is 0.338 e. The molecule has 0 aliphatic heterocycles. The van der Waals surface area contributed by atoms with Crippen LogP contribution in [0.15, 0.2) is 18.2 Å². The number of anilines is 1. The molecule has 0 fully saturated rings. The van der Waals surface area contributed by atoms with Crippen molar-refractivity contribution in [2.24, 2.45) is 0 Å². The number of esters is 1. The molecule has 0 amide bonds. The molecule has 6 nitrogen and oxygen atoms in total. The second-order valence-electron chi connectivity index (χ2n) is 4.42. The summed E-state index contributed by atoms with van der Waals surface area (Å²) in [5.41, 5.74) is 7.70. The SMILES string of the molecule is COCCOCCOCCOC(=O)c1ccc(C)c(N)c1. The number of carbonyl (C=O) groups is 1. The number of aryl methyl sites for hydroxylation is 1. The van der Waals surface area contributed by atoms with Gasteiger partial charge in [-0.25, -0.2) is 4.79 Å².